The number of carbonyl (C=O) groups is 1. The highest BCUT2D eigenvalue weighted by molar-refractivity contribution is 7.99. The normalized spacial score (nSPS) is 15.3. The molecule has 1 aliphatic carbocycles. The van der Waals surface area contributed by atoms with Gasteiger partial charge in [0.15, 0.2) is 5.69 Å². The number of hydrogen-bond acceptors (Lipinski definition) is 4. The zero-order valence-electron chi connectivity index (χ0n) is 9.22. The number of thioether (sulfide) groups is 1. The second-order valence-corrected chi connectivity index (χ2v) is 5.22. The lowest BCUT2D eigenvalue weighted by molar-refractivity contribution is 0.0689. The third-order valence-electron chi connectivity index (χ3n) is 2.59. The van der Waals surface area contributed by atoms with Crippen molar-refractivity contribution in [2.24, 2.45) is 0 Å². The fourth-order valence-corrected chi connectivity index (χ4v) is 2.28. The van der Waals surface area contributed by atoms with Crippen LogP contribution in [0.5, 0.6) is 0 Å². The van der Waals surface area contributed by atoms with Crippen molar-refractivity contribution in [3.8, 4) is 0 Å². The molecule has 16 heavy (non-hydrogen) atoms. The van der Waals surface area contributed by atoms with E-state index in [9.17, 15) is 4.79 Å². The summed E-state index contributed by atoms with van der Waals surface area (Å²) < 4.78 is 1.77. The number of aromatic carboxylic acids is 1. The summed E-state index contributed by atoms with van der Waals surface area (Å²) >= 11 is 1.83. The Morgan fingerprint density at radius 1 is 1.62 bits per heavy atom. The summed E-state index contributed by atoms with van der Waals surface area (Å²) in [5, 5.41) is 16.7. The Hall–Kier alpha value is -1.04. The van der Waals surface area contributed by atoms with Crippen molar-refractivity contribution in [2.45, 2.75) is 32.2 Å². The van der Waals surface area contributed by atoms with Crippen LogP contribution in [0.3, 0.4) is 0 Å². The van der Waals surface area contributed by atoms with Gasteiger partial charge in [0.05, 0.1) is 12.2 Å². The van der Waals surface area contributed by atoms with Gasteiger partial charge in [-0.2, -0.15) is 11.8 Å². The topological polar surface area (TPSA) is 68.0 Å². The highest BCUT2D eigenvalue weighted by atomic mass is 32.2. The fraction of sp³-hybridized carbons (Fsp3) is 0.700. The minimum atomic E-state index is -0.962. The van der Waals surface area contributed by atoms with Crippen molar-refractivity contribution in [2.75, 3.05) is 11.5 Å². The lowest BCUT2D eigenvalue weighted by Crippen LogP contribution is -2.09. The van der Waals surface area contributed by atoms with Crippen LogP contribution in [0, 0.1) is 0 Å². The van der Waals surface area contributed by atoms with Crippen LogP contribution in [-0.2, 0) is 6.54 Å². The largest absolute Gasteiger partial charge is 0.476 e. The van der Waals surface area contributed by atoms with Crippen LogP contribution in [0.25, 0.3) is 0 Å². The third kappa shape index (κ3) is 2.37. The molecule has 0 aromatic carbocycles. The highest BCUT2D eigenvalue weighted by Gasteiger charge is 2.33. The van der Waals surface area contributed by atoms with Crippen molar-refractivity contribution in [1.82, 2.24) is 15.0 Å². The first-order chi connectivity index (χ1) is 7.74. The second-order valence-electron chi connectivity index (χ2n) is 3.82. The van der Waals surface area contributed by atoms with E-state index in [-0.39, 0.29) is 5.69 Å². The summed E-state index contributed by atoms with van der Waals surface area (Å²) in [6.07, 6.45) is 2.13. The SMILES string of the molecule is CCSCCn1nnc(C(=O)O)c1C1CC1. The van der Waals surface area contributed by atoms with Gasteiger partial charge < -0.3 is 5.11 Å². The summed E-state index contributed by atoms with van der Waals surface area (Å²) in [7, 11) is 0. The molecule has 5 nitrogen and oxygen atoms in total. The van der Waals surface area contributed by atoms with Crippen molar-refractivity contribution in [3.05, 3.63) is 11.4 Å². The van der Waals surface area contributed by atoms with Gasteiger partial charge in [0.2, 0.25) is 0 Å². The van der Waals surface area contributed by atoms with Crippen LogP contribution in [0.2, 0.25) is 0 Å². The van der Waals surface area contributed by atoms with Crippen LogP contribution < -0.4 is 0 Å². The molecule has 0 radical (unpaired) electrons. The molecule has 1 heterocycles. The highest BCUT2D eigenvalue weighted by Crippen LogP contribution is 2.41. The molecule has 1 saturated carbocycles. The van der Waals surface area contributed by atoms with Gasteiger partial charge in [-0.25, -0.2) is 9.48 Å². The molecule has 88 valence electrons. The van der Waals surface area contributed by atoms with Gasteiger partial charge in [-0.1, -0.05) is 12.1 Å². The molecule has 0 atom stereocenters. The molecule has 0 bridgehead atoms. The average Bonchev–Trinajstić information content (AvgIpc) is 3.00. The maximum atomic E-state index is 11.0. The molecule has 0 aliphatic heterocycles. The Bertz CT molecular complexity index is 387. The quantitative estimate of drug-likeness (QED) is 0.766. The number of aromatic nitrogens is 3. The van der Waals surface area contributed by atoms with Gasteiger partial charge in [-0.05, 0) is 18.6 Å². The maximum Gasteiger partial charge on any atom is 0.358 e. The molecular formula is C10H15N3O2S. The summed E-state index contributed by atoms with van der Waals surface area (Å²) in [5.41, 5.74) is 0.966. The van der Waals surface area contributed by atoms with E-state index >= 15 is 0 Å². The monoisotopic (exact) mass is 241 g/mol. The molecule has 0 spiro atoms. The molecule has 1 aliphatic rings. The van der Waals surface area contributed by atoms with Crippen LogP contribution >= 0.6 is 11.8 Å². The Morgan fingerprint density at radius 3 is 2.94 bits per heavy atom. The maximum absolute atomic E-state index is 11.0. The molecule has 0 saturated heterocycles. The molecular weight excluding hydrogens is 226 g/mol. The Kier molecular flexibility index (Phi) is 3.48. The lowest BCUT2D eigenvalue weighted by Gasteiger charge is -2.04. The van der Waals surface area contributed by atoms with Crippen molar-refractivity contribution in [3.63, 3.8) is 0 Å². The van der Waals surface area contributed by atoms with Crippen molar-refractivity contribution >= 4 is 17.7 Å². The fourth-order valence-electron chi connectivity index (χ4n) is 1.69. The molecule has 2 rings (SSSR count). The Labute approximate surface area is 98.2 Å². The standard InChI is InChI=1S/C10H15N3O2S/c1-2-16-6-5-13-9(7-3-4-7)8(10(14)15)11-12-13/h7H,2-6H2,1H3,(H,14,15). The Balaban J connectivity index is 2.14. The summed E-state index contributed by atoms with van der Waals surface area (Å²) in [4.78, 5) is 11.0. The van der Waals surface area contributed by atoms with Gasteiger partial charge in [-0.3, -0.25) is 0 Å². The molecule has 1 aromatic rings. The van der Waals surface area contributed by atoms with Gasteiger partial charge in [0.25, 0.3) is 0 Å². The molecule has 1 aromatic heterocycles. The van der Waals surface area contributed by atoms with Gasteiger partial charge in [0, 0.05) is 11.7 Å². The minimum absolute atomic E-state index is 0.143. The zero-order chi connectivity index (χ0) is 11.5. The predicted octanol–water partition coefficient (Wildman–Crippen LogP) is 1.61. The number of aryl methyl sites for hydroxylation is 1. The summed E-state index contributed by atoms with van der Waals surface area (Å²) in [6.45, 7) is 2.86. The smallest absolute Gasteiger partial charge is 0.358 e. The van der Waals surface area contributed by atoms with Crippen LogP contribution in [0.15, 0.2) is 0 Å². The van der Waals surface area contributed by atoms with E-state index in [2.05, 4.69) is 17.2 Å². The number of rotatable bonds is 6. The van der Waals surface area contributed by atoms with E-state index in [1.807, 2.05) is 11.8 Å². The number of nitrogens with zero attached hydrogens (tertiary/aromatic N) is 3. The van der Waals surface area contributed by atoms with E-state index in [0.717, 1.165) is 36.6 Å². The molecule has 0 amide bonds. The molecule has 0 unspecified atom stereocenters. The van der Waals surface area contributed by atoms with Crippen molar-refractivity contribution in [1.29, 1.82) is 0 Å². The number of carboxylic acid groups (broad SMARTS) is 1. The van der Waals surface area contributed by atoms with E-state index in [1.165, 1.54) is 0 Å². The number of carboxylic acids is 1. The molecule has 6 heteroatoms. The summed E-state index contributed by atoms with van der Waals surface area (Å²) in [5.74, 6) is 1.43. The Morgan fingerprint density at radius 2 is 2.38 bits per heavy atom. The summed E-state index contributed by atoms with van der Waals surface area (Å²) in [6, 6.07) is 0. The van der Waals surface area contributed by atoms with Crippen LogP contribution in [0.4, 0.5) is 0 Å². The first kappa shape index (κ1) is 11.4. The average molecular weight is 241 g/mol. The van der Waals surface area contributed by atoms with E-state index < -0.39 is 5.97 Å². The lowest BCUT2D eigenvalue weighted by atomic mass is 10.2. The first-order valence-corrected chi connectivity index (χ1v) is 6.64. The number of hydrogen-bond donors (Lipinski definition) is 1. The first-order valence-electron chi connectivity index (χ1n) is 5.48. The molecule has 1 fully saturated rings. The van der Waals surface area contributed by atoms with Crippen LogP contribution in [0.1, 0.15) is 41.9 Å². The van der Waals surface area contributed by atoms with Gasteiger partial charge >= 0.3 is 5.97 Å². The van der Waals surface area contributed by atoms with Crippen LogP contribution in [-0.4, -0.2) is 37.6 Å². The second kappa shape index (κ2) is 4.86. The predicted molar refractivity (Wildman–Crippen MR) is 62.0 cm³/mol. The zero-order valence-corrected chi connectivity index (χ0v) is 10.0. The van der Waals surface area contributed by atoms with Gasteiger partial charge in [-0.15, -0.1) is 5.10 Å². The third-order valence-corrected chi connectivity index (χ3v) is 3.47. The van der Waals surface area contributed by atoms with E-state index in [1.54, 1.807) is 4.68 Å². The molecule has 1 N–H and O–H groups in total. The van der Waals surface area contributed by atoms with E-state index in [4.69, 9.17) is 5.11 Å². The van der Waals surface area contributed by atoms with Crippen molar-refractivity contribution < 1.29 is 9.90 Å². The minimum Gasteiger partial charge on any atom is -0.476 e. The van der Waals surface area contributed by atoms with E-state index in [0.29, 0.717) is 5.92 Å². The van der Waals surface area contributed by atoms with Gasteiger partial charge in [0.1, 0.15) is 0 Å².